The summed E-state index contributed by atoms with van der Waals surface area (Å²) >= 11 is 0. The molecule has 0 radical (unpaired) electrons. The van der Waals surface area contributed by atoms with Gasteiger partial charge in [-0.05, 0) is 32.4 Å². The van der Waals surface area contributed by atoms with Crippen molar-refractivity contribution in [2.75, 3.05) is 50.9 Å². The third kappa shape index (κ3) is 4.82. The fraction of sp³-hybridized carbons (Fsp3) is 0.526. The third-order valence-electron chi connectivity index (χ3n) is 5.13. The van der Waals surface area contributed by atoms with Crippen LogP contribution in [0.1, 0.15) is 30.8 Å². The molecule has 2 aromatic rings. The van der Waals surface area contributed by atoms with Gasteiger partial charge in [0.1, 0.15) is 0 Å². The molecule has 0 unspecified atom stereocenters. The van der Waals surface area contributed by atoms with E-state index in [0.717, 1.165) is 18.5 Å². The van der Waals surface area contributed by atoms with Gasteiger partial charge in [0.2, 0.25) is 21.9 Å². The second kappa shape index (κ2) is 8.60. The van der Waals surface area contributed by atoms with Gasteiger partial charge in [-0.15, -0.1) is 0 Å². The summed E-state index contributed by atoms with van der Waals surface area (Å²) in [5, 5.41) is 0. The number of rotatable bonds is 5. The molecule has 0 saturated carbocycles. The number of nitrogens with zero attached hydrogens (tertiary/aromatic N) is 6. The van der Waals surface area contributed by atoms with Crippen LogP contribution in [0, 0.1) is 6.92 Å². The van der Waals surface area contributed by atoms with Gasteiger partial charge in [0, 0.05) is 40.3 Å². The Morgan fingerprint density at radius 2 is 1.72 bits per heavy atom. The Labute approximate surface area is 172 Å². The lowest BCUT2D eigenvalue weighted by atomic mass is 10.2. The number of sulfonamides is 1. The van der Waals surface area contributed by atoms with Gasteiger partial charge in [-0.25, -0.2) is 8.42 Å². The highest BCUT2D eigenvalue weighted by Gasteiger charge is 2.29. The average molecular weight is 420 g/mol. The predicted molar refractivity (Wildman–Crippen MR) is 113 cm³/mol. The molecule has 0 aliphatic carbocycles. The van der Waals surface area contributed by atoms with Crippen molar-refractivity contribution in [2.24, 2.45) is 0 Å². The summed E-state index contributed by atoms with van der Waals surface area (Å²) in [4.78, 5) is 17.3. The molecule has 10 heteroatoms. The smallest absolute Gasteiger partial charge is 0.243 e. The molecule has 2 N–H and O–H groups in total. The number of benzene rings is 1. The molecule has 1 aliphatic heterocycles. The molecule has 29 heavy (non-hydrogen) atoms. The maximum absolute atomic E-state index is 13.0. The number of hydrogen-bond donors (Lipinski definition) is 1. The lowest BCUT2D eigenvalue weighted by Crippen LogP contribution is -2.36. The highest BCUT2D eigenvalue weighted by Crippen LogP contribution is 2.23. The average Bonchev–Trinajstić information content (AvgIpc) is 2.94. The Morgan fingerprint density at radius 3 is 2.38 bits per heavy atom. The minimum Gasteiger partial charge on any atom is -0.368 e. The van der Waals surface area contributed by atoms with E-state index in [4.69, 9.17) is 5.73 Å². The Kier molecular flexibility index (Phi) is 6.35. The van der Waals surface area contributed by atoms with Gasteiger partial charge in [-0.3, -0.25) is 4.90 Å². The van der Waals surface area contributed by atoms with Crippen LogP contribution >= 0.6 is 0 Å². The summed E-state index contributed by atoms with van der Waals surface area (Å²) in [6.45, 7) is 6.21. The van der Waals surface area contributed by atoms with Gasteiger partial charge in [0.25, 0.3) is 0 Å². The number of anilines is 2. The largest absolute Gasteiger partial charge is 0.368 e. The molecule has 1 atom stereocenters. The zero-order chi connectivity index (χ0) is 21.2. The van der Waals surface area contributed by atoms with Crippen LogP contribution in [0.4, 0.5) is 11.9 Å². The molecule has 0 bridgehead atoms. The molecule has 0 spiro atoms. The molecule has 3 rings (SSSR count). The molecule has 2 heterocycles. The lowest BCUT2D eigenvalue weighted by molar-refractivity contribution is 0.214. The summed E-state index contributed by atoms with van der Waals surface area (Å²) in [6, 6.07) is 6.90. The van der Waals surface area contributed by atoms with Gasteiger partial charge in [-0.2, -0.15) is 19.3 Å². The summed E-state index contributed by atoms with van der Waals surface area (Å²) < 4.78 is 27.6. The monoisotopic (exact) mass is 419 g/mol. The van der Waals surface area contributed by atoms with Crippen molar-refractivity contribution in [3.8, 4) is 0 Å². The van der Waals surface area contributed by atoms with Crippen molar-refractivity contribution in [1.29, 1.82) is 0 Å². The number of hydrogen-bond acceptors (Lipinski definition) is 8. The van der Waals surface area contributed by atoms with Crippen molar-refractivity contribution < 1.29 is 8.42 Å². The first kappa shape index (κ1) is 21.4. The van der Waals surface area contributed by atoms with Gasteiger partial charge in [0.05, 0.1) is 10.9 Å². The molecular weight excluding hydrogens is 390 g/mol. The SMILES string of the molecule is Cc1ccc(S(=O)(=O)N2CCCN([C@@H](C)c3nc(N)nc(N(C)C)n3)CC2)cc1. The molecular formula is C19H29N7O2S. The summed E-state index contributed by atoms with van der Waals surface area (Å²) in [7, 11) is 0.199. The van der Waals surface area contributed by atoms with Gasteiger partial charge in [-0.1, -0.05) is 17.7 Å². The van der Waals surface area contributed by atoms with E-state index < -0.39 is 10.0 Å². The maximum Gasteiger partial charge on any atom is 0.243 e. The minimum atomic E-state index is -3.50. The van der Waals surface area contributed by atoms with Crippen molar-refractivity contribution in [3.05, 3.63) is 35.7 Å². The first-order valence-corrected chi connectivity index (χ1v) is 11.1. The second-order valence-corrected chi connectivity index (χ2v) is 9.47. The quantitative estimate of drug-likeness (QED) is 0.772. The molecule has 1 aromatic carbocycles. The van der Waals surface area contributed by atoms with Crippen LogP contribution in [0.2, 0.25) is 0 Å². The lowest BCUT2D eigenvalue weighted by Gasteiger charge is -2.27. The molecule has 1 saturated heterocycles. The molecule has 1 aliphatic rings. The molecule has 9 nitrogen and oxygen atoms in total. The normalized spacial score (nSPS) is 17.7. The third-order valence-corrected chi connectivity index (χ3v) is 7.04. The first-order valence-electron chi connectivity index (χ1n) is 9.68. The maximum atomic E-state index is 13.0. The molecule has 158 valence electrons. The fourth-order valence-electron chi connectivity index (χ4n) is 3.35. The summed E-state index contributed by atoms with van der Waals surface area (Å²) in [5.41, 5.74) is 6.89. The predicted octanol–water partition coefficient (Wildman–Crippen LogP) is 1.29. The van der Waals surface area contributed by atoms with E-state index in [1.807, 2.05) is 40.1 Å². The number of nitrogens with two attached hydrogens (primary N) is 1. The van der Waals surface area contributed by atoms with E-state index in [-0.39, 0.29) is 12.0 Å². The number of nitrogen functional groups attached to an aromatic ring is 1. The molecule has 1 aromatic heterocycles. The zero-order valence-corrected chi connectivity index (χ0v) is 18.2. The summed E-state index contributed by atoms with van der Waals surface area (Å²) in [5.74, 6) is 1.29. The number of aromatic nitrogens is 3. The van der Waals surface area contributed by atoms with E-state index in [1.54, 1.807) is 21.3 Å². The van der Waals surface area contributed by atoms with Crippen LogP contribution in [0.25, 0.3) is 0 Å². The highest BCUT2D eigenvalue weighted by molar-refractivity contribution is 7.89. The standard InChI is InChI=1S/C19H29N7O2S/c1-14-6-8-16(9-7-14)29(27,28)26-11-5-10-25(12-13-26)15(2)17-21-18(20)23-19(22-17)24(3)4/h6-9,15H,5,10-13H2,1-4H3,(H2,20,21,22,23)/t15-/m0/s1. The van der Waals surface area contributed by atoms with E-state index in [9.17, 15) is 8.42 Å². The topological polar surface area (TPSA) is 109 Å². The molecule has 0 amide bonds. The van der Waals surface area contributed by atoms with Gasteiger partial charge < -0.3 is 10.6 Å². The highest BCUT2D eigenvalue weighted by atomic mass is 32.2. The Morgan fingerprint density at radius 1 is 1.03 bits per heavy atom. The van der Waals surface area contributed by atoms with Crippen LogP contribution in [-0.2, 0) is 10.0 Å². The Bertz CT molecular complexity index is 948. The zero-order valence-electron chi connectivity index (χ0n) is 17.4. The van der Waals surface area contributed by atoms with Crippen LogP contribution in [0.15, 0.2) is 29.2 Å². The van der Waals surface area contributed by atoms with Crippen molar-refractivity contribution in [2.45, 2.75) is 31.2 Å². The molecule has 1 fully saturated rings. The van der Waals surface area contributed by atoms with Crippen LogP contribution in [0.5, 0.6) is 0 Å². The van der Waals surface area contributed by atoms with Crippen molar-refractivity contribution in [1.82, 2.24) is 24.2 Å². The first-order chi connectivity index (χ1) is 13.7. The van der Waals surface area contributed by atoms with Crippen molar-refractivity contribution >= 4 is 21.9 Å². The fourth-order valence-corrected chi connectivity index (χ4v) is 4.82. The minimum absolute atomic E-state index is 0.0963. The van der Waals surface area contributed by atoms with E-state index in [0.29, 0.717) is 36.3 Å². The van der Waals surface area contributed by atoms with Crippen LogP contribution in [-0.4, -0.2) is 72.8 Å². The van der Waals surface area contributed by atoms with Gasteiger partial charge in [0.15, 0.2) is 5.82 Å². The van der Waals surface area contributed by atoms with E-state index in [2.05, 4.69) is 19.9 Å². The van der Waals surface area contributed by atoms with E-state index >= 15 is 0 Å². The van der Waals surface area contributed by atoms with Crippen molar-refractivity contribution in [3.63, 3.8) is 0 Å². The van der Waals surface area contributed by atoms with E-state index in [1.165, 1.54) is 0 Å². The van der Waals surface area contributed by atoms with Crippen LogP contribution < -0.4 is 10.6 Å². The number of aryl methyl sites for hydroxylation is 1. The van der Waals surface area contributed by atoms with Crippen LogP contribution in [0.3, 0.4) is 0 Å². The Hall–Kier alpha value is -2.30. The second-order valence-electron chi connectivity index (χ2n) is 7.53. The summed E-state index contributed by atoms with van der Waals surface area (Å²) in [6.07, 6.45) is 0.733. The van der Waals surface area contributed by atoms with Gasteiger partial charge >= 0.3 is 0 Å². The Balaban J connectivity index is 1.75.